The number of ether oxygens (including phenoxy) is 1. The van der Waals surface area contributed by atoms with Crippen LogP contribution >= 0.6 is 23.1 Å². The normalized spacial score (nSPS) is 21.3. The third kappa shape index (κ3) is 7.06. The van der Waals surface area contributed by atoms with Crippen LogP contribution in [0.15, 0.2) is 29.4 Å². The summed E-state index contributed by atoms with van der Waals surface area (Å²) in [6.45, 7) is 11.0. The van der Waals surface area contributed by atoms with Crippen LogP contribution < -0.4 is 0 Å². The Morgan fingerprint density at radius 3 is 2.59 bits per heavy atom. The number of amides is 1. The number of thiazole rings is 1. The van der Waals surface area contributed by atoms with E-state index in [0.29, 0.717) is 42.2 Å². The van der Waals surface area contributed by atoms with Gasteiger partial charge in [-0.15, -0.1) is 23.1 Å². The van der Waals surface area contributed by atoms with Crippen LogP contribution in [0.2, 0.25) is 0 Å². The molecule has 11 heteroatoms. The summed E-state index contributed by atoms with van der Waals surface area (Å²) in [5.41, 5.74) is 0.186. The Bertz CT molecular complexity index is 1420. The quantitative estimate of drug-likeness (QED) is 0.186. The average molecular weight is 601 g/mol. The lowest BCUT2D eigenvalue weighted by atomic mass is 9.96. The molecule has 1 atom stereocenters. The van der Waals surface area contributed by atoms with Crippen molar-refractivity contribution >= 4 is 45.2 Å². The molecule has 0 N–H and O–H groups in total. The Morgan fingerprint density at radius 2 is 1.90 bits per heavy atom. The molecule has 1 spiro atoms. The molecule has 2 aliphatic rings. The SMILES string of the molecule is CSc1cnc(CC[C@H](C)CCc2nc3cc(F)c(C(=O)N4CC[N+]5(CC(C(=O)OC(C)(C)C)C5)C4)cc3s2)nc1. The minimum atomic E-state index is -0.533. The van der Waals surface area contributed by atoms with Gasteiger partial charge in [-0.1, -0.05) is 6.92 Å². The lowest BCUT2D eigenvalue weighted by molar-refractivity contribution is -0.963. The number of quaternary nitrogens is 1. The van der Waals surface area contributed by atoms with Crippen LogP contribution in [0, 0.1) is 17.7 Å². The van der Waals surface area contributed by atoms with Crippen molar-refractivity contribution in [1.82, 2.24) is 19.9 Å². The van der Waals surface area contributed by atoms with Crippen LogP contribution in [0.3, 0.4) is 0 Å². The fourth-order valence-electron chi connectivity index (χ4n) is 5.62. The van der Waals surface area contributed by atoms with Crippen molar-refractivity contribution in [1.29, 1.82) is 0 Å². The summed E-state index contributed by atoms with van der Waals surface area (Å²) in [7, 11) is 0. The van der Waals surface area contributed by atoms with Crippen LogP contribution in [0.5, 0.6) is 0 Å². The number of rotatable bonds is 9. The molecule has 5 rings (SSSR count). The van der Waals surface area contributed by atoms with E-state index in [4.69, 9.17) is 4.74 Å². The molecule has 0 unspecified atom stereocenters. The van der Waals surface area contributed by atoms with Gasteiger partial charge < -0.3 is 9.22 Å². The van der Waals surface area contributed by atoms with E-state index < -0.39 is 11.4 Å². The third-order valence-corrected chi connectivity index (χ3v) is 9.70. The van der Waals surface area contributed by atoms with Crippen molar-refractivity contribution in [3.63, 3.8) is 0 Å². The van der Waals surface area contributed by atoms with E-state index in [1.165, 1.54) is 17.4 Å². The predicted molar refractivity (Wildman–Crippen MR) is 159 cm³/mol. The first-order valence-electron chi connectivity index (χ1n) is 14.2. The number of fused-ring (bicyclic) bond motifs is 1. The van der Waals surface area contributed by atoms with Crippen LogP contribution in [0.4, 0.5) is 4.39 Å². The topological polar surface area (TPSA) is 85.3 Å². The Hall–Kier alpha value is -2.63. The lowest BCUT2D eigenvalue weighted by Crippen LogP contribution is -2.65. The molecule has 0 aliphatic carbocycles. The second-order valence-corrected chi connectivity index (χ2v) is 14.5. The Labute approximate surface area is 249 Å². The zero-order valence-electron chi connectivity index (χ0n) is 24.5. The van der Waals surface area contributed by atoms with Gasteiger partial charge >= 0.3 is 5.97 Å². The van der Waals surface area contributed by atoms with E-state index >= 15 is 4.39 Å². The summed E-state index contributed by atoms with van der Waals surface area (Å²) in [5, 5.41) is 0.955. The molecule has 8 nitrogen and oxygen atoms in total. The Kier molecular flexibility index (Phi) is 8.69. The summed E-state index contributed by atoms with van der Waals surface area (Å²) in [6.07, 6.45) is 9.35. The summed E-state index contributed by atoms with van der Waals surface area (Å²) in [5.74, 6) is 0.195. The minimum absolute atomic E-state index is 0.0952. The molecule has 2 aromatic heterocycles. The molecule has 41 heavy (non-hydrogen) atoms. The molecular formula is C30H39FN5O3S2+. The predicted octanol–water partition coefficient (Wildman–Crippen LogP) is 5.35. The number of nitrogens with zero attached hydrogens (tertiary/aromatic N) is 5. The summed E-state index contributed by atoms with van der Waals surface area (Å²) in [4.78, 5) is 42.1. The number of thioether (sulfide) groups is 1. The van der Waals surface area contributed by atoms with Gasteiger partial charge in [0.15, 0.2) is 12.6 Å². The number of halogens is 1. The van der Waals surface area contributed by atoms with Crippen molar-refractivity contribution in [2.24, 2.45) is 11.8 Å². The highest BCUT2D eigenvalue weighted by Crippen LogP contribution is 2.34. The van der Waals surface area contributed by atoms with Gasteiger partial charge in [0.25, 0.3) is 5.91 Å². The number of esters is 1. The smallest absolute Gasteiger partial charge is 0.321 e. The van der Waals surface area contributed by atoms with Gasteiger partial charge in [0.2, 0.25) is 0 Å². The highest BCUT2D eigenvalue weighted by Gasteiger charge is 2.53. The third-order valence-electron chi connectivity index (χ3n) is 7.94. The second-order valence-electron chi connectivity index (χ2n) is 12.5. The molecule has 1 amide bonds. The van der Waals surface area contributed by atoms with E-state index in [1.54, 1.807) is 22.7 Å². The Balaban J connectivity index is 1.15. The molecule has 1 aromatic carbocycles. The molecule has 2 fully saturated rings. The van der Waals surface area contributed by atoms with Crippen LogP contribution in [0.25, 0.3) is 10.2 Å². The molecule has 0 bridgehead atoms. The van der Waals surface area contributed by atoms with Gasteiger partial charge in [-0.2, -0.15) is 0 Å². The van der Waals surface area contributed by atoms with Gasteiger partial charge in [0.1, 0.15) is 17.2 Å². The van der Waals surface area contributed by atoms with Gasteiger partial charge in [0, 0.05) is 29.8 Å². The maximum absolute atomic E-state index is 15.1. The van der Waals surface area contributed by atoms with Gasteiger partial charge in [-0.25, -0.2) is 19.3 Å². The highest BCUT2D eigenvalue weighted by molar-refractivity contribution is 7.98. The average Bonchev–Trinajstić information content (AvgIpc) is 3.53. The zero-order chi connectivity index (χ0) is 29.4. The van der Waals surface area contributed by atoms with Crippen LogP contribution in [0.1, 0.15) is 61.7 Å². The first-order valence-corrected chi connectivity index (χ1v) is 16.3. The standard InChI is InChI=1S/C30H39FN5O3S2/c1-19(6-8-26-32-14-21(40-5)15-33-26)7-9-27-34-24-13-23(31)22(12-25(24)41-27)28(37)35-10-11-36(18-35)16-20(17-36)29(38)39-30(2,3)4/h12-15,19-20H,6-11,16-18H2,1-5H3/q+1/t19-,20?,36?/m0/s1. The van der Waals surface area contributed by atoms with Crippen molar-refractivity contribution in [2.45, 2.75) is 63.9 Å². The van der Waals surface area contributed by atoms with Crippen molar-refractivity contribution < 1.29 is 23.2 Å². The first-order chi connectivity index (χ1) is 19.4. The summed E-state index contributed by atoms with van der Waals surface area (Å²) in [6, 6.07) is 3.06. The second kappa shape index (κ2) is 11.9. The van der Waals surface area contributed by atoms with Gasteiger partial charge in [-0.3, -0.25) is 14.5 Å². The van der Waals surface area contributed by atoms with E-state index in [0.717, 1.165) is 52.7 Å². The number of hydrogen-bond acceptors (Lipinski definition) is 8. The first kappa shape index (κ1) is 29.8. The molecule has 220 valence electrons. The van der Waals surface area contributed by atoms with E-state index in [1.807, 2.05) is 39.4 Å². The highest BCUT2D eigenvalue weighted by atomic mass is 32.2. The molecule has 4 heterocycles. The zero-order valence-corrected chi connectivity index (χ0v) is 26.1. The fourth-order valence-corrected chi connectivity index (χ4v) is 6.94. The van der Waals surface area contributed by atoms with Crippen molar-refractivity contribution in [2.75, 3.05) is 39.1 Å². The molecule has 3 aromatic rings. The summed E-state index contributed by atoms with van der Waals surface area (Å²) >= 11 is 3.17. The molecule has 2 aliphatic heterocycles. The van der Waals surface area contributed by atoms with Crippen LogP contribution in [-0.4, -0.2) is 80.9 Å². The maximum Gasteiger partial charge on any atom is 0.321 e. The van der Waals surface area contributed by atoms with Crippen molar-refractivity contribution in [3.05, 3.63) is 46.7 Å². The molecule has 0 saturated carbocycles. The maximum atomic E-state index is 15.1. The van der Waals surface area contributed by atoms with Gasteiger partial charge in [-0.05, 0) is 58.3 Å². The van der Waals surface area contributed by atoms with Crippen LogP contribution in [-0.2, 0) is 22.4 Å². The molecule has 2 saturated heterocycles. The molecular weight excluding hydrogens is 561 g/mol. The van der Waals surface area contributed by atoms with E-state index in [-0.39, 0.29) is 23.4 Å². The monoisotopic (exact) mass is 600 g/mol. The lowest BCUT2D eigenvalue weighted by Gasteiger charge is -2.46. The Morgan fingerprint density at radius 1 is 1.20 bits per heavy atom. The van der Waals surface area contributed by atoms with E-state index in [2.05, 4.69) is 21.9 Å². The van der Waals surface area contributed by atoms with Crippen molar-refractivity contribution in [3.8, 4) is 0 Å². The molecule has 0 radical (unpaired) electrons. The number of carbonyl (C=O) groups excluding carboxylic acids is 2. The number of carbonyl (C=O) groups is 2. The minimum Gasteiger partial charge on any atom is -0.459 e. The van der Waals surface area contributed by atoms with E-state index in [9.17, 15) is 9.59 Å². The number of aromatic nitrogens is 3. The fraction of sp³-hybridized carbons (Fsp3) is 0.567. The number of hydrogen-bond donors (Lipinski definition) is 0. The number of aryl methyl sites for hydroxylation is 2. The summed E-state index contributed by atoms with van der Waals surface area (Å²) < 4.78 is 22.1. The van der Waals surface area contributed by atoms with Gasteiger partial charge in [0.05, 0.1) is 47.0 Å². The largest absolute Gasteiger partial charge is 0.459 e. The number of benzene rings is 1.